The third-order valence-corrected chi connectivity index (χ3v) is 3.34. The number of aliphatic hydroxyl groups excluding tert-OH is 1. The van der Waals surface area contributed by atoms with Crippen LogP contribution in [0.25, 0.3) is 0 Å². The van der Waals surface area contributed by atoms with Crippen LogP contribution >= 0.6 is 11.6 Å². The van der Waals surface area contributed by atoms with Crippen LogP contribution < -0.4 is 5.32 Å². The molecule has 0 radical (unpaired) electrons. The van der Waals surface area contributed by atoms with E-state index in [0.29, 0.717) is 23.7 Å². The molecule has 100 valence electrons. The molecule has 2 aromatic rings. The van der Waals surface area contributed by atoms with Gasteiger partial charge >= 0.3 is 0 Å². The van der Waals surface area contributed by atoms with Gasteiger partial charge < -0.3 is 10.4 Å². The molecule has 0 heterocycles. The summed E-state index contributed by atoms with van der Waals surface area (Å²) in [5.41, 5.74) is 1.34. The number of hydrogen-bond acceptors (Lipinski definition) is 1. The monoisotopic (exact) mass is 280 g/mol. The first-order valence-electron chi connectivity index (χ1n) is 6.16. The maximum atomic E-state index is 13.5. The summed E-state index contributed by atoms with van der Waals surface area (Å²) in [6.45, 7) is 0.879. The lowest BCUT2D eigenvalue weighted by Gasteiger charge is -2.10. The minimum Gasteiger partial charge on any atom is -0.382 e. The predicted molar refractivity (Wildman–Crippen MR) is 73.3 cm³/mol. The lowest BCUT2D eigenvalue weighted by atomic mass is 10.1. The van der Waals surface area contributed by atoms with E-state index in [1.165, 1.54) is 6.07 Å². The molecule has 2 rings (SSSR count). The zero-order valence-electron chi connectivity index (χ0n) is 10.4. The lowest BCUT2D eigenvalue weighted by Crippen LogP contribution is -2.83. The molecule has 2 aromatic carbocycles. The van der Waals surface area contributed by atoms with Gasteiger partial charge in [-0.2, -0.15) is 0 Å². The van der Waals surface area contributed by atoms with Crippen molar-refractivity contribution in [2.75, 3.05) is 6.54 Å². The summed E-state index contributed by atoms with van der Waals surface area (Å²) in [7, 11) is 0. The van der Waals surface area contributed by atoms with E-state index in [0.717, 1.165) is 5.56 Å². The third kappa shape index (κ3) is 3.77. The number of nitrogens with two attached hydrogens (primary N) is 1. The van der Waals surface area contributed by atoms with Gasteiger partial charge in [-0.25, -0.2) is 4.39 Å². The quantitative estimate of drug-likeness (QED) is 0.866. The van der Waals surface area contributed by atoms with Crippen LogP contribution in [0.3, 0.4) is 0 Å². The Morgan fingerprint density at radius 2 is 1.84 bits per heavy atom. The van der Waals surface area contributed by atoms with E-state index >= 15 is 0 Å². The van der Waals surface area contributed by atoms with Crippen LogP contribution in [0, 0.1) is 5.82 Å². The number of halogens is 2. The predicted octanol–water partition coefficient (Wildman–Crippen LogP) is 2.28. The van der Waals surface area contributed by atoms with E-state index in [1.54, 1.807) is 12.1 Å². The van der Waals surface area contributed by atoms with Crippen LogP contribution in [0.2, 0.25) is 5.02 Å². The van der Waals surface area contributed by atoms with Gasteiger partial charge in [0.25, 0.3) is 0 Å². The second-order valence-corrected chi connectivity index (χ2v) is 4.76. The molecule has 0 aliphatic heterocycles. The Labute approximate surface area is 116 Å². The summed E-state index contributed by atoms with van der Waals surface area (Å²) in [6, 6.07) is 14.0. The Kier molecular flexibility index (Phi) is 4.91. The highest BCUT2D eigenvalue weighted by Gasteiger charge is 2.12. The molecule has 4 heteroatoms. The molecule has 0 aliphatic rings. The molecule has 1 atom stereocenters. The van der Waals surface area contributed by atoms with Gasteiger partial charge in [0.2, 0.25) is 0 Å². The highest BCUT2D eigenvalue weighted by atomic mass is 35.5. The van der Waals surface area contributed by atoms with Crippen molar-refractivity contribution in [3.05, 3.63) is 70.5 Å². The molecule has 0 amide bonds. The Morgan fingerprint density at radius 3 is 2.53 bits per heavy atom. The fraction of sp³-hybridized carbons (Fsp3) is 0.200. The highest BCUT2D eigenvalue weighted by Crippen LogP contribution is 2.17. The molecule has 0 saturated heterocycles. The first-order chi connectivity index (χ1) is 9.18. The van der Waals surface area contributed by atoms with Gasteiger partial charge in [-0.15, -0.1) is 0 Å². The van der Waals surface area contributed by atoms with Crippen molar-refractivity contribution in [1.29, 1.82) is 0 Å². The highest BCUT2D eigenvalue weighted by molar-refractivity contribution is 6.31. The van der Waals surface area contributed by atoms with Gasteiger partial charge in [-0.05, 0) is 17.7 Å². The topological polar surface area (TPSA) is 36.8 Å². The molecule has 0 aliphatic carbocycles. The largest absolute Gasteiger partial charge is 0.382 e. The first-order valence-corrected chi connectivity index (χ1v) is 6.54. The van der Waals surface area contributed by atoms with E-state index in [1.807, 2.05) is 35.6 Å². The van der Waals surface area contributed by atoms with Crippen LogP contribution in [0.5, 0.6) is 0 Å². The van der Waals surface area contributed by atoms with Gasteiger partial charge in [0.05, 0.1) is 10.6 Å². The summed E-state index contributed by atoms with van der Waals surface area (Å²) in [5.74, 6) is -0.307. The molecule has 0 bridgehead atoms. The van der Waals surface area contributed by atoms with E-state index in [-0.39, 0.29) is 5.82 Å². The summed E-state index contributed by atoms with van der Waals surface area (Å²) < 4.78 is 13.5. The van der Waals surface area contributed by atoms with Crippen molar-refractivity contribution < 1.29 is 14.8 Å². The molecule has 19 heavy (non-hydrogen) atoms. The molecular formula is C15H16ClFNO+. The van der Waals surface area contributed by atoms with Crippen molar-refractivity contribution >= 4 is 11.6 Å². The molecule has 2 nitrogen and oxygen atoms in total. The summed E-state index contributed by atoms with van der Waals surface area (Å²) in [6.07, 6.45) is -0.563. The Morgan fingerprint density at radius 1 is 1.11 bits per heavy atom. The van der Waals surface area contributed by atoms with E-state index < -0.39 is 6.10 Å². The Bertz CT molecular complexity index is 513. The maximum absolute atomic E-state index is 13.5. The number of hydrogen-bond donors (Lipinski definition) is 2. The second kappa shape index (κ2) is 6.66. The molecule has 0 saturated carbocycles. The van der Waals surface area contributed by atoms with E-state index in [9.17, 15) is 9.50 Å². The van der Waals surface area contributed by atoms with Crippen LogP contribution in [0.1, 0.15) is 17.2 Å². The van der Waals surface area contributed by atoms with Crippen LogP contribution in [-0.2, 0) is 6.54 Å². The van der Waals surface area contributed by atoms with Gasteiger partial charge in [0, 0.05) is 0 Å². The summed E-state index contributed by atoms with van der Waals surface area (Å²) >= 11 is 5.94. The van der Waals surface area contributed by atoms with Crippen LogP contribution in [-0.4, -0.2) is 11.7 Å². The number of aliphatic hydroxyl groups is 1. The number of rotatable bonds is 5. The number of quaternary nitrogens is 1. The third-order valence-electron chi connectivity index (χ3n) is 2.98. The van der Waals surface area contributed by atoms with Crippen molar-refractivity contribution in [3.8, 4) is 0 Å². The van der Waals surface area contributed by atoms with Crippen LogP contribution in [0.4, 0.5) is 4.39 Å². The molecule has 0 spiro atoms. The number of benzene rings is 2. The zero-order valence-corrected chi connectivity index (χ0v) is 11.1. The van der Waals surface area contributed by atoms with Gasteiger partial charge in [0.15, 0.2) is 0 Å². The van der Waals surface area contributed by atoms with Crippen molar-refractivity contribution in [3.63, 3.8) is 0 Å². The second-order valence-electron chi connectivity index (χ2n) is 4.36. The molecule has 0 unspecified atom stereocenters. The average Bonchev–Trinajstić information content (AvgIpc) is 2.43. The van der Waals surface area contributed by atoms with Crippen molar-refractivity contribution in [1.82, 2.24) is 0 Å². The average molecular weight is 281 g/mol. The van der Waals surface area contributed by atoms with E-state index in [2.05, 4.69) is 0 Å². The zero-order chi connectivity index (χ0) is 13.7. The smallest absolute Gasteiger partial charge is 0.133 e. The summed E-state index contributed by atoms with van der Waals surface area (Å²) in [5, 5.41) is 12.3. The van der Waals surface area contributed by atoms with Crippen molar-refractivity contribution in [2.45, 2.75) is 12.6 Å². The summed E-state index contributed by atoms with van der Waals surface area (Å²) in [4.78, 5) is 0. The minimum atomic E-state index is -0.563. The normalized spacial score (nSPS) is 12.4. The van der Waals surface area contributed by atoms with Gasteiger partial charge in [0.1, 0.15) is 25.0 Å². The molecule has 0 aromatic heterocycles. The van der Waals surface area contributed by atoms with E-state index in [4.69, 9.17) is 11.6 Å². The fourth-order valence-electron chi connectivity index (χ4n) is 1.92. The standard InChI is InChI=1S/C15H15ClFNO/c16-13-7-4-8-14(17)12(13)9-18-10-15(19)11-5-2-1-3-6-11/h1-8,15,18-19H,9-10H2/p+1/t15-/m0/s1. The lowest BCUT2D eigenvalue weighted by molar-refractivity contribution is -0.677. The Hall–Kier alpha value is -1.42. The molecule has 3 N–H and O–H groups in total. The SMILES string of the molecule is O[C@@H](C[NH2+]Cc1c(F)cccc1Cl)c1ccccc1. The van der Waals surface area contributed by atoms with Gasteiger partial charge in [-0.3, -0.25) is 0 Å². The Balaban J connectivity index is 1.90. The maximum Gasteiger partial charge on any atom is 0.133 e. The van der Waals surface area contributed by atoms with Crippen molar-refractivity contribution in [2.24, 2.45) is 0 Å². The minimum absolute atomic E-state index is 0.307. The molecular weight excluding hydrogens is 265 g/mol. The van der Waals surface area contributed by atoms with Crippen LogP contribution in [0.15, 0.2) is 48.5 Å². The fourth-order valence-corrected chi connectivity index (χ4v) is 2.16. The van der Waals surface area contributed by atoms with Gasteiger partial charge in [-0.1, -0.05) is 48.0 Å². The molecule has 0 fully saturated rings. The first kappa shape index (κ1) is 14.0.